The van der Waals surface area contributed by atoms with E-state index in [9.17, 15) is 18.8 Å². The summed E-state index contributed by atoms with van der Waals surface area (Å²) in [6.45, 7) is 4.71. The predicted molar refractivity (Wildman–Crippen MR) is 140 cm³/mol. The Labute approximate surface area is 218 Å². The van der Waals surface area contributed by atoms with Crippen LogP contribution in [0.1, 0.15) is 64.8 Å². The van der Waals surface area contributed by atoms with Gasteiger partial charge in [0.25, 0.3) is 5.91 Å². The van der Waals surface area contributed by atoms with E-state index in [0.717, 1.165) is 18.9 Å². The number of ether oxygens (including phenoxy) is 2. The van der Waals surface area contributed by atoms with E-state index >= 15 is 0 Å². The van der Waals surface area contributed by atoms with Gasteiger partial charge in [0.15, 0.2) is 5.43 Å². The van der Waals surface area contributed by atoms with Crippen LogP contribution in [0, 0.1) is 5.82 Å². The molecule has 0 radical (unpaired) electrons. The molecular formula is C30H26FNO6. The molecule has 7 nitrogen and oxygen atoms in total. The van der Waals surface area contributed by atoms with Gasteiger partial charge in [-0.25, -0.2) is 9.18 Å². The van der Waals surface area contributed by atoms with E-state index in [1.165, 1.54) is 17.0 Å². The number of unbranched alkanes of at least 4 members (excludes halogenated alkanes) is 1. The molecule has 4 aromatic rings. The topological polar surface area (TPSA) is 86.0 Å². The van der Waals surface area contributed by atoms with E-state index in [1.807, 2.05) is 13.8 Å². The van der Waals surface area contributed by atoms with Crippen molar-refractivity contribution >= 4 is 28.5 Å². The Bertz CT molecular complexity index is 1560. The lowest BCUT2D eigenvalue weighted by atomic mass is 9.98. The molecule has 1 amide bonds. The van der Waals surface area contributed by atoms with Gasteiger partial charge in [0.1, 0.15) is 17.1 Å². The quantitative estimate of drug-likeness (QED) is 0.210. The number of fused-ring (bicyclic) bond motifs is 2. The van der Waals surface area contributed by atoms with Crippen molar-refractivity contribution in [3.8, 4) is 5.75 Å². The Balaban J connectivity index is 1.61. The maximum absolute atomic E-state index is 14.0. The third-order valence-corrected chi connectivity index (χ3v) is 6.45. The highest BCUT2D eigenvalue weighted by molar-refractivity contribution is 6.10. The molecule has 5 rings (SSSR count). The number of anilines is 1. The number of carbonyl (C=O) groups is 2. The second-order valence-corrected chi connectivity index (χ2v) is 8.93. The third-order valence-electron chi connectivity index (χ3n) is 6.45. The van der Waals surface area contributed by atoms with Gasteiger partial charge in [0.05, 0.1) is 35.8 Å². The number of esters is 1. The summed E-state index contributed by atoms with van der Waals surface area (Å²) in [6, 6.07) is 16.3. The minimum Gasteiger partial charge on any atom is -0.494 e. The van der Waals surface area contributed by atoms with Crippen molar-refractivity contribution in [2.24, 2.45) is 0 Å². The van der Waals surface area contributed by atoms with Gasteiger partial charge in [-0.2, -0.15) is 0 Å². The first-order chi connectivity index (χ1) is 18.4. The van der Waals surface area contributed by atoms with Crippen LogP contribution in [-0.4, -0.2) is 25.1 Å². The molecule has 0 spiro atoms. The molecule has 0 aliphatic carbocycles. The van der Waals surface area contributed by atoms with E-state index in [-0.39, 0.29) is 22.3 Å². The van der Waals surface area contributed by atoms with Crippen molar-refractivity contribution in [3.05, 3.63) is 105 Å². The molecule has 0 saturated carbocycles. The zero-order valence-electron chi connectivity index (χ0n) is 21.0. The van der Waals surface area contributed by atoms with Crippen LogP contribution in [0.15, 0.2) is 75.9 Å². The molecule has 1 aliphatic rings. The molecule has 0 fully saturated rings. The van der Waals surface area contributed by atoms with Gasteiger partial charge in [0.2, 0.25) is 5.76 Å². The van der Waals surface area contributed by atoms with E-state index in [4.69, 9.17) is 13.9 Å². The molecule has 8 heteroatoms. The largest absolute Gasteiger partial charge is 0.494 e. The molecule has 0 saturated heterocycles. The van der Waals surface area contributed by atoms with Gasteiger partial charge in [-0.3, -0.25) is 14.5 Å². The summed E-state index contributed by atoms with van der Waals surface area (Å²) in [5, 5.41) is 0.0551. The number of nitrogens with zero attached hydrogens (tertiary/aromatic N) is 1. The zero-order chi connectivity index (χ0) is 26.8. The summed E-state index contributed by atoms with van der Waals surface area (Å²) in [5.41, 5.74) is 1.22. The fraction of sp³-hybridized carbons (Fsp3) is 0.233. The predicted octanol–water partition coefficient (Wildman–Crippen LogP) is 6.04. The average molecular weight is 516 g/mol. The lowest BCUT2D eigenvalue weighted by molar-refractivity contribution is 0.0499. The van der Waals surface area contributed by atoms with Gasteiger partial charge >= 0.3 is 5.97 Å². The standard InChI is InChI=1S/C30H26FNO6/c1-3-5-16-37-30(35)19-6-11-21(12-7-19)32-26(18-8-13-22(14-9-18)36-4-2)25-27(33)23-17-20(31)10-15-24(23)38-28(25)29(32)34/h6-15,17,26H,3-5,16H2,1-2H3. The zero-order valence-corrected chi connectivity index (χ0v) is 21.0. The van der Waals surface area contributed by atoms with Crippen molar-refractivity contribution in [1.82, 2.24) is 0 Å². The highest BCUT2D eigenvalue weighted by atomic mass is 19.1. The van der Waals surface area contributed by atoms with Crippen molar-refractivity contribution in [1.29, 1.82) is 0 Å². The van der Waals surface area contributed by atoms with Gasteiger partial charge < -0.3 is 13.9 Å². The van der Waals surface area contributed by atoms with E-state index in [1.54, 1.807) is 48.5 Å². The Morgan fingerprint density at radius 1 is 1.00 bits per heavy atom. The maximum Gasteiger partial charge on any atom is 0.338 e. The molecule has 0 N–H and O–H groups in total. The summed E-state index contributed by atoms with van der Waals surface area (Å²) in [5.74, 6) is -0.999. The van der Waals surface area contributed by atoms with Crippen molar-refractivity contribution in [3.63, 3.8) is 0 Å². The molecule has 1 atom stereocenters. The molecule has 1 aliphatic heterocycles. The Kier molecular flexibility index (Phi) is 6.96. The van der Waals surface area contributed by atoms with Crippen LogP contribution in [0.5, 0.6) is 5.75 Å². The van der Waals surface area contributed by atoms with E-state index in [2.05, 4.69) is 0 Å². The normalized spacial score (nSPS) is 14.6. The summed E-state index contributed by atoms with van der Waals surface area (Å²) < 4.78 is 30.7. The fourth-order valence-electron chi connectivity index (χ4n) is 4.59. The molecule has 38 heavy (non-hydrogen) atoms. The van der Waals surface area contributed by atoms with Crippen LogP contribution in [0.2, 0.25) is 0 Å². The molecule has 2 heterocycles. The van der Waals surface area contributed by atoms with Gasteiger partial charge in [-0.15, -0.1) is 0 Å². The van der Waals surface area contributed by atoms with Crippen LogP contribution < -0.4 is 15.1 Å². The third kappa shape index (κ3) is 4.53. The molecule has 3 aromatic carbocycles. The van der Waals surface area contributed by atoms with Gasteiger partial charge in [0, 0.05) is 5.69 Å². The van der Waals surface area contributed by atoms with Gasteiger partial charge in [-0.1, -0.05) is 25.5 Å². The Hall–Kier alpha value is -4.46. The molecule has 1 aromatic heterocycles. The summed E-state index contributed by atoms with van der Waals surface area (Å²) in [6.07, 6.45) is 1.68. The Morgan fingerprint density at radius 3 is 2.42 bits per heavy atom. The van der Waals surface area contributed by atoms with Crippen molar-refractivity contribution in [2.75, 3.05) is 18.1 Å². The van der Waals surface area contributed by atoms with Crippen LogP contribution in [-0.2, 0) is 4.74 Å². The number of carbonyl (C=O) groups excluding carboxylic acids is 2. The highest BCUT2D eigenvalue weighted by Gasteiger charge is 2.43. The Morgan fingerprint density at radius 2 is 1.74 bits per heavy atom. The SMILES string of the molecule is CCCCOC(=O)c1ccc(N2C(=O)c3oc4ccc(F)cc4c(=O)c3C2c2ccc(OCC)cc2)cc1. The van der Waals surface area contributed by atoms with Crippen molar-refractivity contribution in [2.45, 2.75) is 32.7 Å². The summed E-state index contributed by atoms with van der Waals surface area (Å²) >= 11 is 0. The molecular weight excluding hydrogens is 489 g/mol. The average Bonchev–Trinajstić information content (AvgIpc) is 3.22. The van der Waals surface area contributed by atoms with Gasteiger partial charge in [-0.05, 0) is 73.5 Å². The van der Waals surface area contributed by atoms with Crippen LogP contribution >= 0.6 is 0 Å². The van der Waals surface area contributed by atoms with E-state index in [0.29, 0.717) is 35.8 Å². The lowest BCUT2D eigenvalue weighted by Crippen LogP contribution is -2.29. The number of amides is 1. The van der Waals surface area contributed by atoms with Crippen LogP contribution in [0.25, 0.3) is 11.0 Å². The van der Waals surface area contributed by atoms with Crippen LogP contribution in [0.3, 0.4) is 0 Å². The molecule has 194 valence electrons. The number of hydrogen-bond donors (Lipinski definition) is 0. The van der Waals surface area contributed by atoms with E-state index < -0.39 is 29.2 Å². The number of hydrogen-bond acceptors (Lipinski definition) is 6. The first-order valence-corrected chi connectivity index (χ1v) is 12.5. The smallest absolute Gasteiger partial charge is 0.338 e. The minimum atomic E-state index is -0.834. The molecule has 0 bridgehead atoms. The summed E-state index contributed by atoms with van der Waals surface area (Å²) in [7, 11) is 0. The lowest BCUT2D eigenvalue weighted by Gasteiger charge is -2.25. The number of halogens is 1. The molecule has 1 unspecified atom stereocenters. The van der Waals surface area contributed by atoms with Crippen LogP contribution in [0.4, 0.5) is 10.1 Å². The first-order valence-electron chi connectivity index (χ1n) is 12.5. The number of rotatable bonds is 8. The maximum atomic E-state index is 14.0. The summed E-state index contributed by atoms with van der Waals surface area (Å²) in [4.78, 5) is 41.2. The monoisotopic (exact) mass is 515 g/mol. The fourth-order valence-corrected chi connectivity index (χ4v) is 4.59. The second kappa shape index (κ2) is 10.5. The number of benzene rings is 3. The second-order valence-electron chi connectivity index (χ2n) is 8.93. The first kappa shape index (κ1) is 25.2. The minimum absolute atomic E-state index is 0.0551. The highest BCUT2D eigenvalue weighted by Crippen LogP contribution is 2.41. The van der Waals surface area contributed by atoms with Crippen molar-refractivity contribution < 1.29 is 27.9 Å².